The molecular formula is C13H9ClN4. The maximum Gasteiger partial charge on any atom is 0.129 e. The lowest BCUT2D eigenvalue weighted by Crippen LogP contribution is -1.93. The van der Waals surface area contributed by atoms with Gasteiger partial charge in [-0.1, -0.05) is 17.7 Å². The van der Waals surface area contributed by atoms with Crippen molar-refractivity contribution in [2.24, 2.45) is 0 Å². The first kappa shape index (κ1) is 10.9. The van der Waals surface area contributed by atoms with E-state index < -0.39 is 0 Å². The Bertz CT molecular complexity index is 664. The van der Waals surface area contributed by atoms with Gasteiger partial charge in [-0.25, -0.2) is 9.67 Å². The summed E-state index contributed by atoms with van der Waals surface area (Å²) >= 11 is 5.87. The molecule has 0 saturated heterocycles. The topological polar surface area (TPSA) is 43.6 Å². The highest BCUT2D eigenvalue weighted by Gasteiger charge is 2.04. The summed E-state index contributed by atoms with van der Waals surface area (Å²) in [5.74, 6) is 0. The SMILES string of the molecule is Clc1cccc(-c2cnn(-c3cccnc3)c2)n1. The molecule has 88 valence electrons. The van der Waals surface area contributed by atoms with Gasteiger partial charge in [0, 0.05) is 18.0 Å². The summed E-state index contributed by atoms with van der Waals surface area (Å²) in [6.07, 6.45) is 7.13. The molecule has 5 heteroatoms. The summed E-state index contributed by atoms with van der Waals surface area (Å²) in [4.78, 5) is 8.31. The summed E-state index contributed by atoms with van der Waals surface area (Å²) in [5, 5.41) is 4.76. The lowest BCUT2D eigenvalue weighted by molar-refractivity contribution is 0.874. The average Bonchev–Trinajstić information content (AvgIpc) is 2.89. The molecule has 0 fully saturated rings. The molecule has 0 aliphatic carbocycles. The van der Waals surface area contributed by atoms with Gasteiger partial charge in [0.05, 0.1) is 23.8 Å². The van der Waals surface area contributed by atoms with E-state index >= 15 is 0 Å². The fraction of sp³-hybridized carbons (Fsp3) is 0. The molecule has 0 saturated carbocycles. The maximum atomic E-state index is 5.87. The van der Waals surface area contributed by atoms with Crippen molar-refractivity contribution in [3.63, 3.8) is 0 Å². The normalized spacial score (nSPS) is 10.5. The summed E-state index contributed by atoms with van der Waals surface area (Å²) in [6.45, 7) is 0. The van der Waals surface area contributed by atoms with Crippen molar-refractivity contribution in [3.05, 3.63) is 60.3 Å². The van der Waals surface area contributed by atoms with Crippen LogP contribution in [0.5, 0.6) is 0 Å². The van der Waals surface area contributed by atoms with Crippen LogP contribution >= 0.6 is 11.6 Å². The summed E-state index contributed by atoms with van der Waals surface area (Å²) in [5.41, 5.74) is 2.63. The molecule has 0 spiro atoms. The Morgan fingerprint density at radius 2 is 2.00 bits per heavy atom. The molecule has 0 aromatic carbocycles. The number of halogens is 1. The van der Waals surface area contributed by atoms with Gasteiger partial charge in [-0.05, 0) is 24.3 Å². The molecule has 0 N–H and O–H groups in total. The van der Waals surface area contributed by atoms with E-state index in [0.29, 0.717) is 5.15 Å². The van der Waals surface area contributed by atoms with Crippen LogP contribution in [0.1, 0.15) is 0 Å². The molecule has 0 bridgehead atoms. The van der Waals surface area contributed by atoms with Crippen molar-refractivity contribution in [2.75, 3.05) is 0 Å². The Hall–Kier alpha value is -2.20. The number of pyridine rings is 2. The van der Waals surface area contributed by atoms with Crippen molar-refractivity contribution in [1.82, 2.24) is 19.7 Å². The number of nitrogens with zero attached hydrogens (tertiary/aromatic N) is 4. The van der Waals surface area contributed by atoms with Gasteiger partial charge in [0.15, 0.2) is 0 Å². The highest BCUT2D eigenvalue weighted by molar-refractivity contribution is 6.29. The van der Waals surface area contributed by atoms with E-state index in [4.69, 9.17) is 11.6 Å². The van der Waals surface area contributed by atoms with Gasteiger partial charge < -0.3 is 0 Å². The molecule has 0 amide bonds. The predicted molar refractivity (Wildman–Crippen MR) is 69.6 cm³/mol. The number of hydrogen-bond donors (Lipinski definition) is 0. The van der Waals surface area contributed by atoms with Gasteiger partial charge in [0.25, 0.3) is 0 Å². The largest absolute Gasteiger partial charge is 0.262 e. The van der Waals surface area contributed by atoms with E-state index in [0.717, 1.165) is 16.9 Å². The van der Waals surface area contributed by atoms with Crippen LogP contribution < -0.4 is 0 Å². The predicted octanol–water partition coefficient (Wildman–Crippen LogP) is 2.98. The molecule has 18 heavy (non-hydrogen) atoms. The minimum Gasteiger partial charge on any atom is -0.262 e. The Balaban J connectivity index is 2.00. The van der Waals surface area contributed by atoms with E-state index in [2.05, 4.69) is 15.1 Å². The minimum atomic E-state index is 0.474. The van der Waals surface area contributed by atoms with Crippen LogP contribution in [-0.4, -0.2) is 19.7 Å². The zero-order valence-electron chi connectivity index (χ0n) is 9.36. The molecule has 3 aromatic heterocycles. The van der Waals surface area contributed by atoms with Gasteiger partial charge in [-0.2, -0.15) is 5.10 Å². The van der Waals surface area contributed by atoms with Crippen LogP contribution in [0.2, 0.25) is 5.15 Å². The molecule has 3 rings (SSSR count). The van der Waals surface area contributed by atoms with Crippen LogP contribution in [0.25, 0.3) is 16.9 Å². The van der Waals surface area contributed by atoms with Gasteiger partial charge in [-0.3, -0.25) is 4.98 Å². The lowest BCUT2D eigenvalue weighted by Gasteiger charge is -1.99. The fourth-order valence-corrected chi connectivity index (χ4v) is 1.82. The molecule has 0 aliphatic rings. The summed E-state index contributed by atoms with van der Waals surface area (Å²) in [7, 11) is 0. The zero-order chi connectivity index (χ0) is 12.4. The van der Waals surface area contributed by atoms with Gasteiger partial charge in [0.1, 0.15) is 5.15 Å². The quantitative estimate of drug-likeness (QED) is 0.662. The molecule has 0 radical (unpaired) electrons. The van der Waals surface area contributed by atoms with Gasteiger partial charge in [0.2, 0.25) is 0 Å². The fourth-order valence-electron chi connectivity index (χ4n) is 1.65. The van der Waals surface area contributed by atoms with Crippen LogP contribution in [0.3, 0.4) is 0 Å². The van der Waals surface area contributed by atoms with Crippen molar-refractivity contribution in [1.29, 1.82) is 0 Å². The lowest BCUT2D eigenvalue weighted by atomic mass is 10.2. The molecule has 3 aromatic rings. The van der Waals surface area contributed by atoms with E-state index in [-0.39, 0.29) is 0 Å². The van der Waals surface area contributed by atoms with Crippen molar-refractivity contribution >= 4 is 11.6 Å². The Morgan fingerprint density at radius 1 is 1.06 bits per heavy atom. The molecule has 3 heterocycles. The first-order chi connectivity index (χ1) is 8.83. The van der Waals surface area contributed by atoms with Crippen LogP contribution in [-0.2, 0) is 0 Å². The smallest absolute Gasteiger partial charge is 0.129 e. The van der Waals surface area contributed by atoms with E-state index in [9.17, 15) is 0 Å². The first-order valence-electron chi connectivity index (χ1n) is 5.41. The zero-order valence-corrected chi connectivity index (χ0v) is 10.1. The van der Waals surface area contributed by atoms with Crippen LogP contribution in [0.15, 0.2) is 55.1 Å². The van der Waals surface area contributed by atoms with Gasteiger partial charge >= 0.3 is 0 Å². The summed E-state index contributed by atoms with van der Waals surface area (Å²) in [6, 6.07) is 9.32. The van der Waals surface area contributed by atoms with Crippen LogP contribution in [0, 0.1) is 0 Å². The van der Waals surface area contributed by atoms with Crippen molar-refractivity contribution in [2.45, 2.75) is 0 Å². The third kappa shape index (κ3) is 2.10. The Morgan fingerprint density at radius 3 is 2.78 bits per heavy atom. The van der Waals surface area contributed by atoms with Gasteiger partial charge in [-0.15, -0.1) is 0 Å². The van der Waals surface area contributed by atoms with E-state index in [1.807, 2.05) is 30.5 Å². The average molecular weight is 257 g/mol. The number of hydrogen-bond acceptors (Lipinski definition) is 3. The second-order valence-corrected chi connectivity index (χ2v) is 4.12. The second kappa shape index (κ2) is 4.58. The van der Waals surface area contributed by atoms with E-state index in [1.54, 1.807) is 29.3 Å². The minimum absolute atomic E-state index is 0.474. The highest BCUT2D eigenvalue weighted by Crippen LogP contribution is 2.19. The standard InChI is InChI=1S/C13H9ClN4/c14-13-5-1-4-12(17-13)10-7-16-18(9-10)11-3-2-6-15-8-11/h1-9H. The molecule has 4 nitrogen and oxygen atoms in total. The molecular weight excluding hydrogens is 248 g/mol. The highest BCUT2D eigenvalue weighted by atomic mass is 35.5. The Labute approximate surface area is 109 Å². The number of rotatable bonds is 2. The Kier molecular flexibility index (Phi) is 2.78. The van der Waals surface area contributed by atoms with Crippen molar-refractivity contribution in [3.8, 4) is 16.9 Å². The monoisotopic (exact) mass is 256 g/mol. The van der Waals surface area contributed by atoms with E-state index in [1.165, 1.54) is 0 Å². The number of aromatic nitrogens is 4. The third-order valence-electron chi connectivity index (χ3n) is 2.50. The first-order valence-corrected chi connectivity index (χ1v) is 5.79. The molecule has 0 atom stereocenters. The van der Waals surface area contributed by atoms with Crippen molar-refractivity contribution < 1.29 is 0 Å². The summed E-state index contributed by atoms with van der Waals surface area (Å²) < 4.78 is 1.75. The molecule has 0 unspecified atom stereocenters. The van der Waals surface area contributed by atoms with Crippen LogP contribution in [0.4, 0.5) is 0 Å². The maximum absolute atomic E-state index is 5.87. The molecule has 0 aliphatic heterocycles. The second-order valence-electron chi connectivity index (χ2n) is 3.73. The third-order valence-corrected chi connectivity index (χ3v) is 2.71.